The second-order valence-corrected chi connectivity index (χ2v) is 4.56. The van der Waals surface area contributed by atoms with Gasteiger partial charge in [-0.1, -0.05) is 11.6 Å². The summed E-state index contributed by atoms with van der Waals surface area (Å²) < 4.78 is 0.739. The fraction of sp³-hybridized carbons (Fsp3) is 0.375. The normalized spacial score (nSPS) is 11.1. The Hall–Kier alpha value is -0.520. The van der Waals surface area contributed by atoms with E-state index in [0.29, 0.717) is 0 Å². The highest BCUT2D eigenvalue weighted by molar-refractivity contribution is 7.16. The summed E-state index contributed by atoms with van der Waals surface area (Å²) in [6.45, 7) is 3.77. The van der Waals surface area contributed by atoms with Crippen molar-refractivity contribution in [3.8, 4) is 6.07 Å². The van der Waals surface area contributed by atoms with E-state index in [4.69, 9.17) is 16.9 Å². The Morgan fingerprint density at radius 2 is 2.18 bits per heavy atom. The summed E-state index contributed by atoms with van der Waals surface area (Å²) in [6, 6.07) is 5.94. The van der Waals surface area contributed by atoms with E-state index in [1.807, 2.05) is 26.0 Å². The Morgan fingerprint density at radius 3 is 2.55 bits per heavy atom. The van der Waals surface area contributed by atoms with Crippen molar-refractivity contribution in [2.45, 2.75) is 19.3 Å². The van der Waals surface area contributed by atoms with Crippen LogP contribution in [0.5, 0.6) is 0 Å². The predicted octanol–water partition coefficient (Wildman–Crippen LogP) is 3.20. The van der Waals surface area contributed by atoms with Crippen LogP contribution in [-0.4, -0.2) is 0 Å². The molecule has 0 aromatic carbocycles. The van der Waals surface area contributed by atoms with Crippen LogP contribution in [0.25, 0.3) is 0 Å². The molecule has 1 aromatic rings. The van der Waals surface area contributed by atoms with Gasteiger partial charge < -0.3 is 0 Å². The van der Waals surface area contributed by atoms with E-state index < -0.39 is 5.41 Å². The molecule has 0 radical (unpaired) electrons. The number of rotatable bonds is 1. The Morgan fingerprint density at radius 1 is 1.55 bits per heavy atom. The van der Waals surface area contributed by atoms with Gasteiger partial charge in [-0.05, 0) is 26.0 Å². The lowest BCUT2D eigenvalue weighted by atomic mass is 9.94. The first-order valence-corrected chi connectivity index (χ1v) is 4.43. The molecule has 0 bridgehead atoms. The maximum absolute atomic E-state index is 8.77. The van der Waals surface area contributed by atoms with Crippen LogP contribution in [0, 0.1) is 11.3 Å². The molecule has 1 rings (SSSR count). The molecule has 0 aliphatic heterocycles. The van der Waals surface area contributed by atoms with Crippen molar-refractivity contribution in [1.82, 2.24) is 0 Å². The van der Waals surface area contributed by atoms with E-state index in [1.54, 1.807) is 0 Å². The lowest BCUT2D eigenvalue weighted by molar-refractivity contribution is 0.703. The van der Waals surface area contributed by atoms with Gasteiger partial charge in [-0.25, -0.2) is 0 Å². The lowest BCUT2D eigenvalue weighted by Crippen LogP contribution is -2.10. The van der Waals surface area contributed by atoms with Crippen molar-refractivity contribution < 1.29 is 0 Å². The lowest BCUT2D eigenvalue weighted by Gasteiger charge is -2.11. The molecule has 0 aliphatic carbocycles. The van der Waals surface area contributed by atoms with Crippen LogP contribution in [-0.2, 0) is 5.41 Å². The van der Waals surface area contributed by atoms with Gasteiger partial charge in [0.1, 0.15) is 0 Å². The summed E-state index contributed by atoms with van der Waals surface area (Å²) in [5, 5.41) is 8.77. The molecule has 0 amide bonds. The molecule has 0 aliphatic rings. The van der Waals surface area contributed by atoms with Crippen molar-refractivity contribution in [3.63, 3.8) is 0 Å². The third kappa shape index (κ3) is 1.74. The van der Waals surface area contributed by atoms with Crippen LogP contribution >= 0.6 is 22.9 Å². The topological polar surface area (TPSA) is 23.8 Å². The summed E-state index contributed by atoms with van der Waals surface area (Å²) in [6.07, 6.45) is 0. The fourth-order valence-electron chi connectivity index (χ4n) is 0.705. The Labute approximate surface area is 75.2 Å². The number of nitrogens with zero attached hydrogens (tertiary/aromatic N) is 1. The zero-order chi connectivity index (χ0) is 8.48. The first-order chi connectivity index (χ1) is 5.06. The number of thiophene rings is 1. The van der Waals surface area contributed by atoms with E-state index >= 15 is 0 Å². The molecular formula is C8H8ClNS. The highest BCUT2D eigenvalue weighted by Crippen LogP contribution is 2.31. The van der Waals surface area contributed by atoms with Crippen molar-refractivity contribution in [1.29, 1.82) is 5.26 Å². The van der Waals surface area contributed by atoms with Gasteiger partial charge in [0.25, 0.3) is 0 Å². The summed E-state index contributed by atoms with van der Waals surface area (Å²) >= 11 is 7.19. The van der Waals surface area contributed by atoms with Gasteiger partial charge in [-0.2, -0.15) is 5.26 Å². The SMILES string of the molecule is CC(C)(C#N)c1ccc(Cl)s1. The average molecular weight is 186 g/mol. The molecule has 0 saturated carbocycles. The standard InChI is InChI=1S/C8H8ClNS/c1-8(2,5-10)6-3-4-7(9)11-6/h3-4H,1-2H3. The highest BCUT2D eigenvalue weighted by atomic mass is 35.5. The molecule has 0 fully saturated rings. The maximum atomic E-state index is 8.77. The summed E-state index contributed by atoms with van der Waals surface area (Å²) in [5.41, 5.74) is -0.405. The summed E-state index contributed by atoms with van der Waals surface area (Å²) in [4.78, 5) is 1.02. The van der Waals surface area contributed by atoms with Crippen LogP contribution in [0.4, 0.5) is 0 Å². The molecule has 11 heavy (non-hydrogen) atoms. The predicted molar refractivity (Wildman–Crippen MR) is 48.0 cm³/mol. The second kappa shape index (κ2) is 2.84. The van der Waals surface area contributed by atoms with Crippen LogP contribution < -0.4 is 0 Å². The third-order valence-electron chi connectivity index (χ3n) is 1.47. The third-order valence-corrected chi connectivity index (χ3v) is 3.02. The smallest absolute Gasteiger partial charge is 0.0931 e. The minimum absolute atomic E-state index is 0.405. The van der Waals surface area contributed by atoms with Crippen LogP contribution in [0.2, 0.25) is 4.34 Å². The minimum Gasteiger partial charge on any atom is -0.197 e. The van der Waals surface area contributed by atoms with Gasteiger partial charge in [0.2, 0.25) is 0 Å². The molecule has 0 N–H and O–H groups in total. The van der Waals surface area contributed by atoms with Gasteiger partial charge in [0.15, 0.2) is 0 Å². The molecule has 0 atom stereocenters. The molecule has 0 unspecified atom stereocenters. The number of nitriles is 1. The molecule has 1 aromatic heterocycles. The number of hydrogen-bond donors (Lipinski definition) is 0. The molecule has 1 heterocycles. The summed E-state index contributed by atoms with van der Waals surface area (Å²) in [5.74, 6) is 0. The van der Waals surface area contributed by atoms with Gasteiger partial charge in [-0.15, -0.1) is 11.3 Å². The Kier molecular flexibility index (Phi) is 2.22. The monoisotopic (exact) mass is 185 g/mol. The number of hydrogen-bond acceptors (Lipinski definition) is 2. The largest absolute Gasteiger partial charge is 0.197 e. The van der Waals surface area contributed by atoms with E-state index in [2.05, 4.69) is 6.07 Å². The van der Waals surface area contributed by atoms with Crippen LogP contribution in [0.15, 0.2) is 12.1 Å². The molecule has 1 nitrogen and oxygen atoms in total. The Balaban J connectivity index is 3.04. The molecule has 58 valence electrons. The first kappa shape index (κ1) is 8.58. The second-order valence-electron chi connectivity index (χ2n) is 2.84. The van der Waals surface area contributed by atoms with Crippen molar-refractivity contribution in [2.75, 3.05) is 0 Å². The highest BCUT2D eigenvalue weighted by Gasteiger charge is 2.21. The zero-order valence-electron chi connectivity index (χ0n) is 6.39. The molecule has 0 saturated heterocycles. The maximum Gasteiger partial charge on any atom is 0.0931 e. The van der Waals surface area contributed by atoms with E-state index in [0.717, 1.165) is 9.21 Å². The van der Waals surface area contributed by atoms with Crippen molar-refractivity contribution in [2.24, 2.45) is 0 Å². The first-order valence-electron chi connectivity index (χ1n) is 3.23. The van der Waals surface area contributed by atoms with E-state index in [9.17, 15) is 0 Å². The molecular weight excluding hydrogens is 178 g/mol. The van der Waals surface area contributed by atoms with E-state index in [-0.39, 0.29) is 0 Å². The molecule has 0 spiro atoms. The van der Waals surface area contributed by atoms with Crippen molar-refractivity contribution >= 4 is 22.9 Å². The van der Waals surface area contributed by atoms with Crippen molar-refractivity contribution in [3.05, 3.63) is 21.3 Å². The zero-order valence-corrected chi connectivity index (χ0v) is 7.96. The van der Waals surface area contributed by atoms with Crippen LogP contribution in [0.3, 0.4) is 0 Å². The van der Waals surface area contributed by atoms with Gasteiger partial charge in [0, 0.05) is 4.88 Å². The Bertz CT molecular complexity index is 295. The quantitative estimate of drug-likeness (QED) is 0.659. The summed E-state index contributed by atoms with van der Waals surface area (Å²) in [7, 11) is 0. The average Bonchev–Trinajstić information content (AvgIpc) is 2.36. The van der Waals surface area contributed by atoms with Gasteiger partial charge in [-0.3, -0.25) is 0 Å². The van der Waals surface area contributed by atoms with Gasteiger partial charge in [0.05, 0.1) is 15.8 Å². The van der Waals surface area contributed by atoms with Gasteiger partial charge >= 0.3 is 0 Å². The number of halogens is 1. The van der Waals surface area contributed by atoms with E-state index in [1.165, 1.54) is 11.3 Å². The minimum atomic E-state index is -0.405. The molecule has 3 heteroatoms. The van der Waals surface area contributed by atoms with Crippen LogP contribution in [0.1, 0.15) is 18.7 Å². The fourth-order valence-corrected chi connectivity index (χ4v) is 1.80.